The Bertz CT molecular complexity index is 669. The minimum absolute atomic E-state index is 0.0743. The SMILES string of the molecule is C=CC(=O)N(C)c1ccc(C(=O)NCC2(C)CN(CC)C2=O)cc1. The predicted octanol–water partition coefficient (Wildman–Crippen LogP) is 1.43. The van der Waals surface area contributed by atoms with Crippen LogP contribution in [0.1, 0.15) is 24.2 Å². The topological polar surface area (TPSA) is 69.7 Å². The Morgan fingerprint density at radius 3 is 2.50 bits per heavy atom. The molecule has 1 aliphatic heterocycles. The lowest BCUT2D eigenvalue weighted by atomic mass is 9.80. The number of benzene rings is 1. The van der Waals surface area contributed by atoms with Crippen LogP contribution in [-0.2, 0) is 9.59 Å². The van der Waals surface area contributed by atoms with Gasteiger partial charge in [-0.05, 0) is 44.2 Å². The number of hydrogen-bond donors (Lipinski definition) is 1. The number of rotatable bonds is 6. The van der Waals surface area contributed by atoms with Crippen LogP contribution < -0.4 is 10.2 Å². The molecule has 24 heavy (non-hydrogen) atoms. The normalized spacial score (nSPS) is 19.5. The van der Waals surface area contributed by atoms with Crippen molar-refractivity contribution >= 4 is 23.4 Å². The van der Waals surface area contributed by atoms with E-state index in [0.717, 1.165) is 0 Å². The average Bonchev–Trinajstić information content (AvgIpc) is 2.62. The van der Waals surface area contributed by atoms with Gasteiger partial charge in [-0.1, -0.05) is 6.58 Å². The van der Waals surface area contributed by atoms with Crippen molar-refractivity contribution in [2.75, 3.05) is 31.6 Å². The molecule has 1 heterocycles. The molecule has 6 heteroatoms. The molecule has 0 radical (unpaired) electrons. The van der Waals surface area contributed by atoms with E-state index in [1.165, 1.54) is 11.0 Å². The van der Waals surface area contributed by atoms with E-state index in [1.807, 2.05) is 13.8 Å². The van der Waals surface area contributed by atoms with Crippen molar-refractivity contribution in [1.29, 1.82) is 0 Å². The number of likely N-dealkylation sites (tertiary alicyclic amines) is 1. The van der Waals surface area contributed by atoms with Gasteiger partial charge in [0, 0.05) is 37.9 Å². The molecule has 2 rings (SSSR count). The minimum Gasteiger partial charge on any atom is -0.351 e. The highest BCUT2D eigenvalue weighted by atomic mass is 16.2. The summed E-state index contributed by atoms with van der Waals surface area (Å²) in [5.41, 5.74) is 0.652. The average molecular weight is 329 g/mol. The van der Waals surface area contributed by atoms with Gasteiger partial charge < -0.3 is 15.1 Å². The summed E-state index contributed by atoms with van der Waals surface area (Å²) in [4.78, 5) is 39.0. The second-order valence-corrected chi connectivity index (χ2v) is 6.21. The summed E-state index contributed by atoms with van der Waals surface area (Å²) < 4.78 is 0. The third-order valence-corrected chi connectivity index (χ3v) is 4.39. The standard InChI is InChI=1S/C18H23N3O3/c1-5-15(22)20(4)14-9-7-13(8-10-14)16(23)19-11-18(3)12-21(6-2)17(18)24/h5,7-10H,1,6,11-12H2,2-4H3,(H,19,23). The molecule has 0 bridgehead atoms. The van der Waals surface area contributed by atoms with Crippen LogP contribution in [-0.4, -0.2) is 49.3 Å². The van der Waals surface area contributed by atoms with Crippen LogP contribution in [0.25, 0.3) is 0 Å². The molecular weight excluding hydrogens is 306 g/mol. The van der Waals surface area contributed by atoms with Crippen LogP contribution in [0.4, 0.5) is 5.69 Å². The third kappa shape index (κ3) is 3.32. The molecule has 0 aliphatic carbocycles. The molecule has 0 saturated carbocycles. The first-order valence-electron chi connectivity index (χ1n) is 7.90. The fourth-order valence-corrected chi connectivity index (χ4v) is 2.72. The number of anilines is 1. The number of carbonyl (C=O) groups excluding carboxylic acids is 3. The van der Waals surface area contributed by atoms with Gasteiger partial charge in [0.25, 0.3) is 5.91 Å². The number of β-lactam (4-membered cyclic amide) rings is 1. The largest absolute Gasteiger partial charge is 0.351 e. The molecule has 1 aromatic carbocycles. The van der Waals surface area contributed by atoms with E-state index in [9.17, 15) is 14.4 Å². The summed E-state index contributed by atoms with van der Waals surface area (Å²) in [5, 5.41) is 2.82. The minimum atomic E-state index is -0.512. The monoisotopic (exact) mass is 329 g/mol. The van der Waals surface area contributed by atoms with Gasteiger partial charge in [-0.25, -0.2) is 0 Å². The highest BCUT2D eigenvalue weighted by Crippen LogP contribution is 2.30. The lowest BCUT2D eigenvalue weighted by molar-refractivity contribution is -0.157. The molecule has 1 aliphatic rings. The smallest absolute Gasteiger partial charge is 0.251 e. The van der Waals surface area contributed by atoms with Crippen LogP contribution >= 0.6 is 0 Å². The molecule has 1 fully saturated rings. The van der Waals surface area contributed by atoms with E-state index in [2.05, 4.69) is 11.9 Å². The molecule has 1 atom stereocenters. The van der Waals surface area contributed by atoms with Gasteiger partial charge >= 0.3 is 0 Å². The van der Waals surface area contributed by atoms with Gasteiger partial charge in [0.1, 0.15) is 0 Å². The number of carbonyl (C=O) groups is 3. The van der Waals surface area contributed by atoms with Crippen molar-refractivity contribution in [1.82, 2.24) is 10.2 Å². The Morgan fingerprint density at radius 2 is 2.00 bits per heavy atom. The molecule has 0 spiro atoms. The lowest BCUT2D eigenvalue weighted by Crippen LogP contribution is -2.63. The molecule has 1 aromatic rings. The van der Waals surface area contributed by atoms with Gasteiger partial charge in [-0.2, -0.15) is 0 Å². The van der Waals surface area contributed by atoms with Crippen molar-refractivity contribution in [3.8, 4) is 0 Å². The first-order chi connectivity index (χ1) is 11.3. The highest BCUT2D eigenvalue weighted by Gasteiger charge is 2.47. The summed E-state index contributed by atoms with van der Waals surface area (Å²) in [7, 11) is 1.64. The number of amides is 3. The first-order valence-corrected chi connectivity index (χ1v) is 7.90. The Kier molecular flexibility index (Phi) is 5.07. The number of nitrogens with one attached hydrogen (secondary N) is 1. The zero-order chi connectivity index (χ0) is 17.9. The van der Waals surface area contributed by atoms with Crippen LogP contribution in [0.5, 0.6) is 0 Å². The summed E-state index contributed by atoms with van der Waals surface area (Å²) in [5.74, 6) is -0.377. The molecule has 3 amide bonds. The predicted molar refractivity (Wildman–Crippen MR) is 92.7 cm³/mol. The fraction of sp³-hybridized carbons (Fsp3) is 0.389. The van der Waals surface area contributed by atoms with Gasteiger partial charge in [0.05, 0.1) is 5.41 Å². The fourth-order valence-electron chi connectivity index (χ4n) is 2.72. The number of likely N-dealkylation sites (N-methyl/N-ethyl adjacent to an activating group) is 1. The summed E-state index contributed by atoms with van der Waals surface area (Å²) >= 11 is 0. The van der Waals surface area contributed by atoms with Crippen LogP contribution in [0.3, 0.4) is 0 Å². The number of nitrogens with zero attached hydrogens (tertiary/aromatic N) is 2. The maximum Gasteiger partial charge on any atom is 0.251 e. The van der Waals surface area contributed by atoms with Crippen LogP contribution in [0, 0.1) is 5.41 Å². The summed E-state index contributed by atoms with van der Waals surface area (Å²) in [6.07, 6.45) is 1.23. The van der Waals surface area contributed by atoms with E-state index >= 15 is 0 Å². The second kappa shape index (κ2) is 6.86. The molecule has 128 valence electrons. The first kappa shape index (κ1) is 17.7. The Morgan fingerprint density at radius 1 is 1.38 bits per heavy atom. The van der Waals surface area contributed by atoms with Crippen molar-refractivity contribution in [3.63, 3.8) is 0 Å². The molecule has 1 N–H and O–H groups in total. The Balaban J connectivity index is 1.95. The van der Waals surface area contributed by atoms with Gasteiger partial charge in [-0.3, -0.25) is 14.4 Å². The van der Waals surface area contributed by atoms with E-state index in [4.69, 9.17) is 0 Å². The van der Waals surface area contributed by atoms with E-state index in [-0.39, 0.29) is 17.7 Å². The molecule has 0 aromatic heterocycles. The lowest BCUT2D eigenvalue weighted by Gasteiger charge is -2.46. The van der Waals surface area contributed by atoms with Crippen LogP contribution in [0.2, 0.25) is 0 Å². The zero-order valence-corrected chi connectivity index (χ0v) is 14.3. The van der Waals surface area contributed by atoms with Gasteiger partial charge in [-0.15, -0.1) is 0 Å². The summed E-state index contributed by atoms with van der Waals surface area (Å²) in [6, 6.07) is 6.71. The second-order valence-electron chi connectivity index (χ2n) is 6.21. The van der Waals surface area contributed by atoms with Crippen molar-refractivity contribution < 1.29 is 14.4 Å². The maximum atomic E-state index is 12.2. The third-order valence-electron chi connectivity index (χ3n) is 4.39. The van der Waals surface area contributed by atoms with Crippen molar-refractivity contribution in [2.24, 2.45) is 5.41 Å². The molecule has 6 nitrogen and oxygen atoms in total. The van der Waals surface area contributed by atoms with Crippen molar-refractivity contribution in [3.05, 3.63) is 42.5 Å². The van der Waals surface area contributed by atoms with E-state index in [1.54, 1.807) is 36.2 Å². The summed E-state index contributed by atoms with van der Waals surface area (Å²) in [6.45, 7) is 8.92. The Labute approximate surface area is 142 Å². The quantitative estimate of drug-likeness (QED) is 0.634. The van der Waals surface area contributed by atoms with Crippen molar-refractivity contribution in [2.45, 2.75) is 13.8 Å². The molecule has 1 saturated heterocycles. The Hall–Kier alpha value is -2.63. The van der Waals surface area contributed by atoms with Gasteiger partial charge in [0.2, 0.25) is 11.8 Å². The number of hydrogen-bond acceptors (Lipinski definition) is 3. The zero-order valence-electron chi connectivity index (χ0n) is 14.3. The van der Waals surface area contributed by atoms with Gasteiger partial charge in [0.15, 0.2) is 0 Å². The highest BCUT2D eigenvalue weighted by molar-refractivity contribution is 6.01. The van der Waals surface area contributed by atoms with E-state index < -0.39 is 5.41 Å². The van der Waals surface area contributed by atoms with Crippen LogP contribution in [0.15, 0.2) is 36.9 Å². The van der Waals surface area contributed by atoms with E-state index in [0.29, 0.717) is 30.9 Å². The molecule has 1 unspecified atom stereocenters. The maximum absolute atomic E-state index is 12.2. The molecular formula is C18H23N3O3.